The number of hydrogen-bond acceptors (Lipinski definition) is 4. The summed E-state index contributed by atoms with van der Waals surface area (Å²) in [5.41, 5.74) is 0.612. The fourth-order valence-electron chi connectivity index (χ4n) is 1.87. The SMILES string of the molecule is CCC(O)c1cccc(S(=O)(=O)N(C)C(C)COC)c1. The van der Waals surface area contributed by atoms with E-state index < -0.39 is 16.1 Å². The van der Waals surface area contributed by atoms with Gasteiger partial charge in [-0.1, -0.05) is 19.1 Å². The summed E-state index contributed by atoms with van der Waals surface area (Å²) >= 11 is 0. The number of rotatable bonds is 7. The van der Waals surface area contributed by atoms with E-state index in [-0.39, 0.29) is 10.9 Å². The smallest absolute Gasteiger partial charge is 0.243 e. The van der Waals surface area contributed by atoms with Crippen LogP contribution < -0.4 is 0 Å². The maximum atomic E-state index is 12.5. The molecule has 0 bridgehead atoms. The molecule has 0 saturated heterocycles. The third-order valence-corrected chi connectivity index (χ3v) is 5.30. The zero-order valence-corrected chi connectivity index (χ0v) is 13.2. The van der Waals surface area contributed by atoms with Crippen molar-refractivity contribution >= 4 is 10.0 Å². The van der Waals surface area contributed by atoms with Crippen molar-refractivity contribution in [3.63, 3.8) is 0 Å². The number of aliphatic hydroxyl groups excluding tert-OH is 1. The minimum absolute atomic E-state index is 0.188. The van der Waals surface area contributed by atoms with Crippen LogP contribution in [0.2, 0.25) is 0 Å². The lowest BCUT2D eigenvalue weighted by Crippen LogP contribution is -2.37. The molecule has 1 N–H and O–H groups in total. The Morgan fingerprint density at radius 3 is 2.60 bits per heavy atom. The number of nitrogens with zero attached hydrogens (tertiary/aromatic N) is 1. The second-order valence-electron chi connectivity index (χ2n) is 4.82. The molecule has 1 rings (SSSR count). The summed E-state index contributed by atoms with van der Waals surface area (Å²) in [6, 6.07) is 6.18. The van der Waals surface area contributed by atoms with E-state index in [0.717, 1.165) is 0 Å². The Morgan fingerprint density at radius 1 is 1.40 bits per heavy atom. The molecule has 0 saturated carbocycles. The number of sulfonamides is 1. The lowest BCUT2D eigenvalue weighted by Gasteiger charge is -2.24. The maximum Gasteiger partial charge on any atom is 0.243 e. The molecule has 1 aromatic rings. The topological polar surface area (TPSA) is 66.8 Å². The number of methoxy groups -OCH3 is 1. The molecule has 1 aromatic carbocycles. The molecule has 0 aromatic heterocycles. The molecule has 5 nitrogen and oxygen atoms in total. The second-order valence-corrected chi connectivity index (χ2v) is 6.82. The quantitative estimate of drug-likeness (QED) is 0.833. The predicted molar refractivity (Wildman–Crippen MR) is 78.0 cm³/mol. The van der Waals surface area contributed by atoms with E-state index in [2.05, 4.69) is 0 Å². The molecule has 114 valence electrons. The Balaban J connectivity index is 3.09. The molecular weight excluding hydrogens is 278 g/mol. The Labute approximate surface area is 121 Å². The van der Waals surface area contributed by atoms with Gasteiger partial charge in [-0.3, -0.25) is 0 Å². The van der Waals surface area contributed by atoms with Crippen LogP contribution in [0.3, 0.4) is 0 Å². The molecular formula is C14H23NO4S. The first-order chi connectivity index (χ1) is 9.34. The maximum absolute atomic E-state index is 12.5. The minimum Gasteiger partial charge on any atom is -0.388 e. The molecule has 0 fully saturated rings. The fraction of sp³-hybridized carbons (Fsp3) is 0.571. The molecule has 0 aliphatic carbocycles. The molecule has 2 unspecified atom stereocenters. The van der Waals surface area contributed by atoms with Gasteiger partial charge >= 0.3 is 0 Å². The van der Waals surface area contributed by atoms with E-state index >= 15 is 0 Å². The van der Waals surface area contributed by atoms with Gasteiger partial charge in [0.25, 0.3) is 0 Å². The van der Waals surface area contributed by atoms with Gasteiger partial charge in [0.15, 0.2) is 0 Å². The van der Waals surface area contributed by atoms with Gasteiger partial charge in [0, 0.05) is 20.2 Å². The summed E-state index contributed by atoms with van der Waals surface area (Å²) in [7, 11) is -0.516. The summed E-state index contributed by atoms with van der Waals surface area (Å²) in [5.74, 6) is 0. The van der Waals surface area contributed by atoms with Gasteiger partial charge in [0.2, 0.25) is 10.0 Å². The number of benzene rings is 1. The van der Waals surface area contributed by atoms with Crippen LogP contribution >= 0.6 is 0 Å². The Hall–Kier alpha value is -0.950. The van der Waals surface area contributed by atoms with Crippen molar-refractivity contribution in [2.75, 3.05) is 20.8 Å². The number of hydrogen-bond donors (Lipinski definition) is 1. The summed E-state index contributed by atoms with van der Waals surface area (Å²) in [6.45, 7) is 3.96. The molecule has 0 heterocycles. The normalized spacial score (nSPS) is 15.3. The monoisotopic (exact) mass is 301 g/mol. The van der Waals surface area contributed by atoms with Gasteiger partial charge in [-0.15, -0.1) is 0 Å². The molecule has 0 radical (unpaired) electrons. The van der Waals surface area contributed by atoms with E-state index in [4.69, 9.17) is 4.74 Å². The molecule has 2 atom stereocenters. The van der Waals surface area contributed by atoms with Gasteiger partial charge in [-0.25, -0.2) is 8.42 Å². The first-order valence-electron chi connectivity index (χ1n) is 6.59. The number of ether oxygens (including phenoxy) is 1. The van der Waals surface area contributed by atoms with E-state index in [1.165, 1.54) is 30.6 Å². The van der Waals surface area contributed by atoms with Crippen molar-refractivity contribution in [2.45, 2.75) is 37.3 Å². The van der Waals surface area contributed by atoms with Crippen LogP contribution in [0.1, 0.15) is 31.9 Å². The lowest BCUT2D eigenvalue weighted by atomic mass is 10.1. The number of aliphatic hydroxyl groups is 1. The van der Waals surface area contributed by atoms with E-state index in [9.17, 15) is 13.5 Å². The van der Waals surface area contributed by atoms with Crippen molar-refractivity contribution in [3.8, 4) is 0 Å². The van der Waals surface area contributed by atoms with Crippen molar-refractivity contribution in [1.82, 2.24) is 4.31 Å². The van der Waals surface area contributed by atoms with E-state index in [1.54, 1.807) is 19.1 Å². The van der Waals surface area contributed by atoms with E-state index in [0.29, 0.717) is 18.6 Å². The third-order valence-electron chi connectivity index (χ3n) is 3.34. The summed E-state index contributed by atoms with van der Waals surface area (Å²) in [6.07, 6.45) is -0.105. The van der Waals surface area contributed by atoms with Crippen LogP contribution in [-0.2, 0) is 14.8 Å². The highest BCUT2D eigenvalue weighted by molar-refractivity contribution is 7.89. The van der Waals surface area contributed by atoms with Gasteiger partial charge in [-0.05, 0) is 31.0 Å². The van der Waals surface area contributed by atoms with Crippen LogP contribution in [0.25, 0.3) is 0 Å². The third kappa shape index (κ3) is 3.79. The first kappa shape index (κ1) is 17.1. The summed E-state index contributed by atoms with van der Waals surface area (Å²) < 4.78 is 31.3. The second kappa shape index (κ2) is 7.17. The van der Waals surface area contributed by atoms with Gasteiger partial charge in [-0.2, -0.15) is 4.31 Å². The molecule has 20 heavy (non-hydrogen) atoms. The predicted octanol–water partition coefficient (Wildman–Crippen LogP) is 1.79. The van der Waals surface area contributed by atoms with Crippen LogP contribution in [0, 0.1) is 0 Å². The first-order valence-corrected chi connectivity index (χ1v) is 8.03. The lowest BCUT2D eigenvalue weighted by molar-refractivity contribution is 0.149. The van der Waals surface area contributed by atoms with Crippen molar-refractivity contribution in [3.05, 3.63) is 29.8 Å². The van der Waals surface area contributed by atoms with Gasteiger partial charge in [0.05, 0.1) is 17.6 Å². The highest BCUT2D eigenvalue weighted by Crippen LogP contribution is 2.22. The van der Waals surface area contributed by atoms with Crippen LogP contribution in [0.4, 0.5) is 0 Å². The van der Waals surface area contributed by atoms with Gasteiger partial charge in [0.1, 0.15) is 0 Å². The molecule has 0 spiro atoms. The number of likely N-dealkylation sites (N-methyl/N-ethyl adjacent to an activating group) is 1. The highest BCUT2D eigenvalue weighted by Gasteiger charge is 2.25. The minimum atomic E-state index is -3.58. The summed E-state index contributed by atoms with van der Waals surface area (Å²) in [4.78, 5) is 0.188. The Morgan fingerprint density at radius 2 is 2.05 bits per heavy atom. The van der Waals surface area contributed by atoms with Crippen LogP contribution in [0.5, 0.6) is 0 Å². The Kier molecular flexibility index (Phi) is 6.13. The average Bonchev–Trinajstić information content (AvgIpc) is 2.45. The van der Waals surface area contributed by atoms with E-state index in [1.807, 2.05) is 6.92 Å². The largest absolute Gasteiger partial charge is 0.388 e. The van der Waals surface area contributed by atoms with Crippen LogP contribution in [0.15, 0.2) is 29.2 Å². The van der Waals surface area contributed by atoms with Crippen LogP contribution in [-0.4, -0.2) is 44.6 Å². The summed E-state index contributed by atoms with van der Waals surface area (Å²) in [5, 5.41) is 9.82. The molecule has 0 aliphatic heterocycles. The van der Waals surface area contributed by atoms with Crippen molar-refractivity contribution < 1.29 is 18.3 Å². The molecule has 6 heteroatoms. The zero-order chi connectivity index (χ0) is 15.3. The Bertz CT molecular complexity index is 530. The van der Waals surface area contributed by atoms with Crippen molar-refractivity contribution in [2.24, 2.45) is 0 Å². The van der Waals surface area contributed by atoms with Gasteiger partial charge < -0.3 is 9.84 Å². The zero-order valence-electron chi connectivity index (χ0n) is 12.4. The fourth-order valence-corrected chi connectivity index (χ4v) is 3.27. The molecule has 0 aliphatic rings. The van der Waals surface area contributed by atoms with Crippen molar-refractivity contribution in [1.29, 1.82) is 0 Å². The highest BCUT2D eigenvalue weighted by atomic mass is 32.2. The average molecular weight is 301 g/mol. The standard InChI is InChI=1S/C14H23NO4S/c1-5-14(16)12-7-6-8-13(9-12)20(17,18)15(3)11(2)10-19-4/h6-9,11,14,16H,5,10H2,1-4H3. The molecule has 0 amide bonds.